The smallest absolute Gasteiger partial charge is 0.303 e. The molecule has 132 valence electrons. The maximum Gasteiger partial charge on any atom is 0.303 e. The van der Waals surface area contributed by atoms with Crippen molar-refractivity contribution in [3.63, 3.8) is 0 Å². The zero-order valence-corrected chi connectivity index (χ0v) is 15.3. The molecule has 0 spiro atoms. The van der Waals surface area contributed by atoms with Crippen LogP contribution < -0.4 is 0 Å². The monoisotopic (exact) mass is 316 g/mol. The number of rotatable bonds is 10. The minimum Gasteiger partial charge on any atom is -0.481 e. The fourth-order valence-corrected chi connectivity index (χ4v) is 2.59. The van der Waals surface area contributed by atoms with Crippen LogP contribution in [0.2, 0.25) is 0 Å². The third-order valence-electron chi connectivity index (χ3n) is 3.26. The third-order valence-corrected chi connectivity index (χ3v) is 3.26. The van der Waals surface area contributed by atoms with Crippen LogP contribution in [0.4, 0.5) is 0 Å². The molecular formula is C18H36O4. The Balaban J connectivity index is 0. The molecule has 22 heavy (non-hydrogen) atoms. The van der Waals surface area contributed by atoms with Gasteiger partial charge in [0.2, 0.25) is 0 Å². The quantitative estimate of drug-likeness (QED) is 0.542. The molecule has 2 N–H and O–H groups in total. The number of carbonyl (C=O) groups is 2. The summed E-state index contributed by atoms with van der Waals surface area (Å²) in [6.45, 7) is 12.6. The summed E-state index contributed by atoms with van der Waals surface area (Å²) in [6, 6.07) is 0. The van der Waals surface area contributed by atoms with E-state index in [2.05, 4.69) is 27.7 Å². The van der Waals surface area contributed by atoms with Crippen molar-refractivity contribution in [2.24, 2.45) is 17.3 Å². The van der Waals surface area contributed by atoms with Gasteiger partial charge in [-0.25, -0.2) is 0 Å². The van der Waals surface area contributed by atoms with E-state index in [1.54, 1.807) is 0 Å². The second-order valence-corrected chi connectivity index (χ2v) is 7.72. The molecule has 4 heteroatoms. The fraction of sp³-hybridized carbons (Fsp3) is 0.889. The molecule has 0 aromatic heterocycles. The Morgan fingerprint density at radius 1 is 0.864 bits per heavy atom. The van der Waals surface area contributed by atoms with E-state index >= 15 is 0 Å². The molecule has 0 aliphatic rings. The minimum absolute atomic E-state index is 0.0556. The van der Waals surface area contributed by atoms with Crippen LogP contribution in [0.3, 0.4) is 0 Å². The van der Waals surface area contributed by atoms with Crippen molar-refractivity contribution in [2.75, 3.05) is 0 Å². The van der Waals surface area contributed by atoms with Crippen molar-refractivity contribution in [1.82, 2.24) is 0 Å². The van der Waals surface area contributed by atoms with Crippen molar-refractivity contribution in [3.05, 3.63) is 0 Å². The number of aliphatic carboxylic acids is 2. The van der Waals surface area contributed by atoms with E-state index in [0.29, 0.717) is 12.3 Å². The number of unbranched alkanes of at least 4 members (excludes halogenated alkanes) is 2. The van der Waals surface area contributed by atoms with Crippen LogP contribution in [0, 0.1) is 17.3 Å². The van der Waals surface area contributed by atoms with E-state index in [1.807, 2.05) is 13.8 Å². The molecule has 0 radical (unpaired) electrons. The lowest BCUT2D eigenvalue weighted by Crippen LogP contribution is -2.18. The normalized spacial score (nSPS) is 11.3. The van der Waals surface area contributed by atoms with Crippen molar-refractivity contribution in [2.45, 2.75) is 86.5 Å². The van der Waals surface area contributed by atoms with E-state index in [-0.39, 0.29) is 11.8 Å². The SMILES string of the molecule is CC(C)CC(C)(C)CC(=O)O.CC(C)CCCCCC(=O)O. The lowest BCUT2D eigenvalue weighted by Gasteiger charge is -2.24. The van der Waals surface area contributed by atoms with Crippen molar-refractivity contribution in [3.8, 4) is 0 Å². The maximum absolute atomic E-state index is 10.4. The Morgan fingerprint density at radius 3 is 1.77 bits per heavy atom. The summed E-state index contributed by atoms with van der Waals surface area (Å²) in [5.74, 6) is -0.0469. The van der Waals surface area contributed by atoms with Crippen LogP contribution in [0.1, 0.15) is 86.5 Å². The first-order valence-electron chi connectivity index (χ1n) is 8.40. The molecule has 0 saturated carbocycles. The van der Waals surface area contributed by atoms with Crippen LogP contribution in [0.5, 0.6) is 0 Å². The topological polar surface area (TPSA) is 74.6 Å². The van der Waals surface area contributed by atoms with Gasteiger partial charge in [-0.05, 0) is 30.1 Å². The van der Waals surface area contributed by atoms with Crippen molar-refractivity contribution in [1.29, 1.82) is 0 Å². The van der Waals surface area contributed by atoms with Gasteiger partial charge in [0, 0.05) is 6.42 Å². The Hall–Kier alpha value is -1.06. The Morgan fingerprint density at radius 2 is 1.41 bits per heavy atom. The predicted molar refractivity (Wildman–Crippen MR) is 91.0 cm³/mol. The highest BCUT2D eigenvalue weighted by Gasteiger charge is 2.22. The molecule has 0 atom stereocenters. The lowest BCUT2D eigenvalue weighted by atomic mass is 9.81. The summed E-state index contributed by atoms with van der Waals surface area (Å²) in [5, 5.41) is 16.9. The van der Waals surface area contributed by atoms with Crippen molar-refractivity contribution < 1.29 is 19.8 Å². The van der Waals surface area contributed by atoms with Gasteiger partial charge in [0.1, 0.15) is 0 Å². The van der Waals surface area contributed by atoms with Gasteiger partial charge in [-0.3, -0.25) is 9.59 Å². The summed E-state index contributed by atoms with van der Waals surface area (Å²) < 4.78 is 0. The number of carboxylic acids is 2. The van der Waals surface area contributed by atoms with E-state index in [4.69, 9.17) is 10.2 Å². The maximum atomic E-state index is 10.4. The van der Waals surface area contributed by atoms with Gasteiger partial charge in [-0.1, -0.05) is 60.8 Å². The largest absolute Gasteiger partial charge is 0.481 e. The Bertz CT molecular complexity index is 306. The van der Waals surface area contributed by atoms with Gasteiger partial charge in [-0.15, -0.1) is 0 Å². The number of hydrogen-bond acceptors (Lipinski definition) is 2. The van der Waals surface area contributed by atoms with Crippen LogP contribution in [0.25, 0.3) is 0 Å². The van der Waals surface area contributed by atoms with Gasteiger partial charge in [0.15, 0.2) is 0 Å². The summed E-state index contributed by atoms with van der Waals surface area (Å²) in [5.41, 5.74) is -0.0556. The highest BCUT2D eigenvalue weighted by Crippen LogP contribution is 2.28. The van der Waals surface area contributed by atoms with Crippen molar-refractivity contribution >= 4 is 11.9 Å². The number of carboxylic acid groups (broad SMARTS) is 2. The second-order valence-electron chi connectivity index (χ2n) is 7.72. The third kappa shape index (κ3) is 21.2. The van der Waals surface area contributed by atoms with Gasteiger partial charge in [-0.2, -0.15) is 0 Å². The molecule has 0 unspecified atom stereocenters. The first-order valence-corrected chi connectivity index (χ1v) is 8.40. The Kier molecular flexibility index (Phi) is 13.2. The number of hydrogen-bond donors (Lipinski definition) is 2. The van der Waals surface area contributed by atoms with Crippen LogP contribution in [0.15, 0.2) is 0 Å². The molecule has 0 saturated heterocycles. The Labute approximate surface area is 136 Å². The van der Waals surface area contributed by atoms with E-state index < -0.39 is 11.9 Å². The lowest BCUT2D eigenvalue weighted by molar-refractivity contribution is -0.139. The molecule has 0 rings (SSSR count). The summed E-state index contributed by atoms with van der Waals surface area (Å²) in [7, 11) is 0. The fourth-order valence-electron chi connectivity index (χ4n) is 2.59. The molecular weight excluding hydrogens is 280 g/mol. The predicted octanol–water partition coefficient (Wildman–Crippen LogP) is 5.21. The highest BCUT2D eigenvalue weighted by atomic mass is 16.4. The summed E-state index contributed by atoms with van der Waals surface area (Å²) in [4.78, 5) is 20.5. The molecule has 0 heterocycles. The standard InChI is InChI=1S/2C9H18O2/c1-7(2)5-9(3,4)6-8(10)11;1-8(2)6-4-3-5-7-9(10)11/h7H,5-6H2,1-4H3,(H,10,11);8H,3-7H2,1-2H3,(H,10,11). The minimum atomic E-state index is -0.698. The molecule has 4 nitrogen and oxygen atoms in total. The van der Waals surface area contributed by atoms with Gasteiger partial charge < -0.3 is 10.2 Å². The van der Waals surface area contributed by atoms with E-state index in [0.717, 1.165) is 25.2 Å². The van der Waals surface area contributed by atoms with Crippen LogP contribution >= 0.6 is 0 Å². The molecule has 0 bridgehead atoms. The molecule has 0 amide bonds. The van der Waals surface area contributed by atoms with Gasteiger partial charge in [0.05, 0.1) is 6.42 Å². The zero-order valence-electron chi connectivity index (χ0n) is 15.3. The average molecular weight is 316 g/mol. The molecule has 0 fully saturated rings. The first-order chi connectivity index (χ1) is 9.96. The molecule has 0 aliphatic heterocycles. The highest BCUT2D eigenvalue weighted by molar-refractivity contribution is 5.67. The first kappa shape index (κ1) is 23.2. The second kappa shape index (κ2) is 12.5. The molecule has 0 aromatic rings. The molecule has 0 aliphatic carbocycles. The van der Waals surface area contributed by atoms with Gasteiger partial charge >= 0.3 is 11.9 Å². The average Bonchev–Trinajstić information content (AvgIpc) is 2.24. The van der Waals surface area contributed by atoms with Crippen LogP contribution in [-0.4, -0.2) is 22.2 Å². The van der Waals surface area contributed by atoms with Gasteiger partial charge in [0.25, 0.3) is 0 Å². The zero-order chi connectivity index (χ0) is 17.8. The van der Waals surface area contributed by atoms with E-state index in [1.165, 1.54) is 12.8 Å². The van der Waals surface area contributed by atoms with E-state index in [9.17, 15) is 9.59 Å². The summed E-state index contributed by atoms with van der Waals surface area (Å²) >= 11 is 0. The van der Waals surface area contributed by atoms with Crippen LogP contribution in [-0.2, 0) is 9.59 Å². The summed E-state index contributed by atoms with van der Waals surface area (Å²) in [6.07, 6.45) is 5.86. The molecule has 0 aromatic carbocycles.